The Kier molecular flexibility index (Phi) is 8.63. The van der Waals surface area contributed by atoms with Crippen LogP contribution in [0.4, 0.5) is 0 Å². The smallest absolute Gasteiger partial charge is 0.343 e. The average Bonchev–Trinajstić information content (AvgIpc) is 3.23. The molecule has 0 bridgehead atoms. The number of esters is 1. The fourth-order valence-corrected chi connectivity index (χ4v) is 5.63. The standard InChI is InChI=1S/C31H23BrCl2N2O6/c1-17-3-2-4-23-27(17)30(40)36(29(23)39)35(28(38)20-9-14-24(33)25(34)15-20)16-26(37)18-7-12-22(13-8-18)42-31(41)19-5-10-21(32)11-6-19/h2-3,5-15,17,23,27H,4,16H2,1H3/t17-,23+,27-/m1/s1. The number of imide groups is 1. The molecule has 1 aliphatic heterocycles. The van der Waals surface area contributed by atoms with Gasteiger partial charge in [0, 0.05) is 15.6 Å². The van der Waals surface area contributed by atoms with E-state index in [2.05, 4.69) is 15.9 Å². The first kappa shape index (κ1) is 29.7. The van der Waals surface area contributed by atoms with Crippen LogP contribution in [0.5, 0.6) is 5.75 Å². The van der Waals surface area contributed by atoms with E-state index in [1.54, 1.807) is 24.3 Å². The predicted octanol–water partition coefficient (Wildman–Crippen LogP) is 6.41. The number of Topliss-reactive ketones (excluding diaryl/α,β-unsaturated/α-hetero) is 1. The summed E-state index contributed by atoms with van der Waals surface area (Å²) in [4.78, 5) is 66.6. The van der Waals surface area contributed by atoms with Crippen molar-refractivity contribution >= 4 is 68.6 Å². The summed E-state index contributed by atoms with van der Waals surface area (Å²) in [6.07, 6.45) is 4.08. The third kappa shape index (κ3) is 5.90. The van der Waals surface area contributed by atoms with Gasteiger partial charge in [-0.1, -0.05) is 58.2 Å². The molecule has 0 spiro atoms. The van der Waals surface area contributed by atoms with Crippen molar-refractivity contribution in [3.63, 3.8) is 0 Å². The van der Waals surface area contributed by atoms with Crippen LogP contribution in [0.25, 0.3) is 0 Å². The lowest BCUT2D eigenvalue weighted by Crippen LogP contribution is -2.52. The molecule has 11 heteroatoms. The zero-order chi connectivity index (χ0) is 30.1. The number of amides is 3. The van der Waals surface area contributed by atoms with Gasteiger partial charge >= 0.3 is 5.97 Å². The van der Waals surface area contributed by atoms with Crippen LogP contribution in [-0.2, 0) is 9.59 Å². The highest BCUT2D eigenvalue weighted by Gasteiger charge is 2.53. The number of rotatable bonds is 7. The minimum absolute atomic E-state index is 0.0500. The van der Waals surface area contributed by atoms with Crippen molar-refractivity contribution in [3.8, 4) is 5.75 Å². The molecular formula is C31H23BrCl2N2O6. The zero-order valence-corrected chi connectivity index (χ0v) is 25.2. The maximum Gasteiger partial charge on any atom is 0.343 e. The second-order valence-corrected chi connectivity index (χ2v) is 11.7. The van der Waals surface area contributed by atoms with Crippen LogP contribution in [0, 0.1) is 17.8 Å². The van der Waals surface area contributed by atoms with Crippen LogP contribution in [0.15, 0.2) is 83.4 Å². The quantitative estimate of drug-likeness (QED) is 0.0947. The molecular weight excluding hydrogens is 647 g/mol. The SMILES string of the molecule is C[C@@H]1C=CC[C@@H]2C(=O)N(N(CC(=O)c3ccc(OC(=O)c4ccc(Br)cc4)cc3)C(=O)c3ccc(Cl)c(Cl)c3)C(=O)[C@H]12. The lowest BCUT2D eigenvalue weighted by Gasteiger charge is -2.30. The number of fused-ring (bicyclic) bond motifs is 1. The number of ketones is 1. The Morgan fingerprint density at radius 2 is 1.55 bits per heavy atom. The van der Waals surface area contributed by atoms with E-state index in [0.29, 0.717) is 12.0 Å². The summed E-state index contributed by atoms with van der Waals surface area (Å²) in [7, 11) is 0. The summed E-state index contributed by atoms with van der Waals surface area (Å²) in [6.45, 7) is 1.24. The second-order valence-electron chi connectivity index (χ2n) is 9.98. The van der Waals surface area contributed by atoms with Crippen molar-refractivity contribution in [2.45, 2.75) is 13.3 Å². The van der Waals surface area contributed by atoms with Crippen LogP contribution in [0.1, 0.15) is 44.4 Å². The van der Waals surface area contributed by atoms with Gasteiger partial charge < -0.3 is 4.74 Å². The van der Waals surface area contributed by atoms with E-state index in [1.807, 2.05) is 19.1 Å². The number of hydrazine groups is 1. The van der Waals surface area contributed by atoms with Gasteiger partial charge in [0.2, 0.25) is 0 Å². The molecule has 3 amide bonds. The Morgan fingerprint density at radius 1 is 0.905 bits per heavy atom. The van der Waals surface area contributed by atoms with E-state index in [9.17, 15) is 24.0 Å². The largest absolute Gasteiger partial charge is 0.423 e. The molecule has 5 rings (SSSR count). The van der Waals surface area contributed by atoms with Gasteiger partial charge in [0.05, 0.1) is 27.4 Å². The van der Waals surface area contributed by atoms with Crippen LogP contribution in [0.3, 0.4) is 0 Å². The highest BCUT2D eigenvalue weighted by atomic mass is 79.9. The molecule has 1 aliphatic carbocycles. The lowest BCUT2D eigenvalue weighted by molar-refractivity contribution is -0.154. The molecule has 0 N–H and O–H groups in total. The first-order valence-electron chi connectivity index (χ1n) is 13.0. The van der Waals surface area contributed by atoms with Crippen LogP contribution < -0.4 is 4.74 Å². The molecule has 0 saturated carbocycles. The van der Waals surface area contributed by atoms with Crippen LogP contribution in [0.2, 0.25) is 10.0 Å². The molecule has 8 nitrogen and oxygen atoms in total. The summed E-state index contributed by atoms with van der Waals surface area (Å²) in [5, 5.41) is 2.00. The molecule has 0 aromatic heterocycles. The molecule has 2 aliphatic rings. The van der Waals surface area contributed by atoms with E-state index in [0.717, 1.165) is 14.5 Å². The number of carbonyl (C=O) groups is 5. The van der Waals surface area contributed by atoms with Crippen molar-refractivity contribution in [2.24, 2.45) is 17.8 Å². The molecule has 3 atom stereocenters. The minimum Gasteiger partial charge on any atom is -0.423 e. The average molecular weight is 670 g/mol. The van der Waals surface area contributed by atoms with E-state index in [1.165, 1.54) is 42.5 Å². The number of allylic oxidation sites excluding steroid dienone is 2. The summed E-state index contributed by atoms with van der Waals surface area (Å²) in [5.41, 5.74) is 0.575. The van der Waals surface area contributed by atoms with Gasteiger partial charge in [-0.3, -0.25) is 19.2 Å². The number of nitrogens with zero attached hydrogens (tertiary/aromatic N) is 2. The predicted molar refractivity (Wildman–Crippen MR) is 159 cm³/mol. The first-order chi connectivity index (χ1) is 20.0. The first-order valence-corrected chi connectivity index (χ1v) is 14.5. The fraction of sp³-hybridized carbons (Fsp3) is 0.194. The van der Waals surface area contributed by atoms with E-state index >= 15 is 0 Å². The van der Waals surface area contributed by atoms with Crippen LogP contribution in [-0.4, -0.2) is 46.0 Å². The topological polar surface area (TPSA) is 101 Å². The molecule has 3 aromatic carbocycles. The van der Waals surface area contributed by atoms with Crippen molar-refractivity contribution in [3.05, 3.63) is 110 Å². The van der Waals surface area contributed by atoms with Gasteiger partial charge in [-0.25, -0.2) is 9.80 Å². The Hall–Kier alpha value is -3.79. The number of benzene rings is 3. The van der Waals surface area contributed by atoms with Crippen molar-refractivity contribution in [2.75, 3.05) is 6.54 Å². The summed E-state index contributed by atoms with van der Waals surface area (Å²) in [5.74, 6) is -4.24. The minimum atomic E-state index is -0.761. The second kappa shape index (κ2) is 12.2. The maximum atomic E-state index is 13.7. The zero-order valence-electron chi connectivity index (χ0n) is 22.1. The van der Waals surface area contributed by atoms with Gasteiger partial charge in [0.1, 0.15) is 12.3 Å². The summed E-state index contributed by atoms with van der Waals surface area (Å²) < 4.78 is 6.21. The molecule has 3 aromatic rings. The van der Waals surface area contributed by atoms with Crippen molar-refractivity contribution < 1.29 is 28.7 Å². The van der Waals surface area contributed by atoms with Gasteiger partial charge in [0.25, 0.3) is 17.7 Å². The van der Waals surface area contributed by atoms with Gasteiger partial charge in [-0.2, -0.15) is 5.01 Å². The monoisotopic (exact) mass is 668 g/mol. The Morgan fingerprint density at radius 3 is 2.19 bits per heavy atom. The molecule has 214 valence electrons. The lowest BCUT2D eigenvalue weighted by atomic mass is 9.78. The molecule has 1 heterocycles. The molecule has 0 radical (unpaired) electrons. The van der Waals surface area contributed by atoms with E-state index in [4.69, 9.17) is 27.9 Å². The number of hydrogen-bond acceptors (Lipinski definition) is 6. The number of hydrogen-bond donors (Lipinski definition) is 0. The molecule has 1 fully saturated rings. The maximum absolute atomic E-state index is 13.7. The normalized spacial score (nSPS) is 19.4. The molecule has 1 saturated heterocycles. The third-order valence-corrected chi connectivity index (χ3v) is 8.52. The molecule has 42 heavy (non-hydrogen) atoms. The van der Waals surface area contributed by atoms with Gasteiger partial charge in [-0.05, 0) is 79.1 Å². The van der Waals surface area contributed by atoms with Crippen molar-refractivity contribution in [1.29, 1.82) is 0 Å². The van der Waals surface area contributed by atoms with E-state index in [-0.39, 0.29) is 32.8 Å². The third-order valence-electron chi connectivity index (χ3n) is 7.25. The highest BCUT2D eigenvalue weighted by Crippen LogP contribution is 2.39. The fourth-order valence-electron chi connectivity index (χ4n) is 5.07. The summed E-state index contributed by atoms with van der Waals surface area (Å²) in [6, 6.07) is 16.6. The Labute approximate surface area is 259 Å². The van der Waals surface area contributed by atoms with Gasteiger partial charge in [-0.15, -0.1) is 0 Å². The Balaban J connectivity index is 1.39. The highest BCUT2D eigenvalue weighted by molar-refractivity contribution is 9.10. The van der Waals surface area contributed by atoms with Gasteiger partial charge in [0.15, 0.2) is 5.78 Å². The number of ether oxygens (including phenoxy) is 1. The summed E-state index contributed by atoms with van der Waals surface area (Å²) >= 11 is 15.5. The number of halogens is 3. The van der Waals surface area contributed by atoms with Crippen LogP contribution >= 0.6 is 39.1 Å². The van der Waals surface area contributed by atoms with Crippen molar-refractivity contribution in [1.82, 2.24) is 10.0 Å². The number of carbonyl (C=O) groups excluding carboxylic acids is 5. The van der Waals surface area contributed by atoms with E-state index < -0.39 is 47.9 Å². The Bertz CT molecular complexity index is 1620. The molecule has 0 unspecified atom stereocenters.